The van der Waals surface area contributed by atoms with E-state index in [0.717, 1.165) is 0 Å². The van der Waals surface area contributed by atoms with Crippen molar-refractivity contribution in [2.24, 2.45) is 0 Å². The molecule has 0 rings (SSSR count). The first-order chi connectivity index (χ1) is 8.53. The lowest BCUT2D eigenvalue weighted by Crippen LogP contribution is -2.42. The van der Waals surface area contributed by atoms with Crippen LogP contribution < -0.4 is 5.32 Å². The summed E-state index contributed by atoms with van der Waals surface area (Å²) in [7, 11) is 1.90. The van der Waals surface area contributed by atoms with Gasteiger partial charge in [-0.2, -0.15) is 0 Å². The molecule has 2 amide bonds. The monoisotopic (exact) mass is 279 g/mol. The van der Waals surface area contributed by atoms with Gasteiger partial charge in [-0.3, -0.25) is 10.1 Å². The highest BCUT2D eigenvalue weighted by Crippen LogP contribution is 2.16. The molecule has 0 aliphatic carbocycles. The molecule has 0 aliphatic rings. The number of imide groups is 1. The zero-order valence-corrected chi connectivity index (χ0v) is 12.3. The van der Waals surface area contributed by atoms with Gasteiger partial charge in [0.2, 0.25) is 5.91 Å². The molecule has 1 N–H and O–H groups in total. The van der Waals surface area contributed by atoms with Crippen LogP contribution in [0.5, 0.6) is 0 Å². The zero-order chi connectivity index (χ0) is 14.0. The lowest BCUT2D eigenvalue weighted by Gasteiger charge is -2.23. The van der Waals surface area contributed by atoms with Gasteiger partial charge in [-0.15, -0.1) is 0 Å². The Balaban J connectivity index is 3.96. The summed E-state index contributed by atoms with van der Waals surface area (Å²) in [5.41, 5.74) is 0. The summed E-state index contributed by atoms with van der Waals surface area (Å²) in [6.07, 6.45) is -0.0346. The van der Waals surface area contributed by atoms with E-state index >= 15 is 0 Å². The van der Waals surface area contributed by atoms with Crippen LogP contribution in [-0.2, 0) is 22.8 Å². The molecule has 106 valence electrons. The number of hydrogen-bond acceptors (Lipinski definition) is 6. The summed E-state index contributed by atoms with van der Waals surface area (Å²) in [5.74, 6) is -0.389. The number of hydrogen-bond donors (Lipinski definition) is 1. The van der Waals surface area contributed by atoms with Gasteiger partial charge >= 0.3 is 14.9 Å². The molecule has 0 fully saturated rings. The third kappa shape index (κ3) is 6.10. The SMILES string of the molecule is CCOC(=O)NC(=O)CCC[Si](OC)(OC)OC. The van der Waals surface area contributed by atoms with Gasteiger partial charge in [0, 0.05) is 33.8 Å². The summed E-state index contributed by atoms with van der Waals surface area (Å²) < 4.78 is 20.2. The molecule has 8 heteroatoms. The molecular formula is C10H21NO6Si. The maximum atomic E-state index is 11.4. The minimum atomic E-state index is -2.64. The standard InChI is InChI=1S/C10H21NO6Si/c1-5-17-10(13)11-9(12)7-6-8-18(14-2,15-3)16-4/h5-8H2,1-4H3,(H,11,12,13). The molecule has 0 unspecified atom stereocenters. The number of rotatable bonds is 8. The Hall–Kier alpha value is -0.963. The van der Waals surface area contributed by atoms with Crippen molar-refractivity contribution in [2.45, 2.75) is 25.8 Å². The summed E-state index contributed by atoms with van der Waals surface area (Å²) in [6, 6.07) is 0.507. The fraction of sp³-hybridized carbons (Fsp3) is 0.800. The van der Waals surface area contributed by atoms with Gasteiger partial charge in [0.15, 0.2) is 0 Å². The van der Waals surface area contributed by atoms with Crippen LogP contribution in [0.25, 0.3) is 0 Å². The number of carbonyl (C=O) groups is 2. The average Bonchev–Trinajstić information content (AvgIpc) is 2.35. The fourth-order valence-corrected chi connectivity index (χ4v) is 3.09. The zero-order valence-electron chi connectivity index (χ0n) is 11.3. The van der Waals surface area contributed by atoms with Gasteiger partial charge in [-0.1, -0.05) is 0 Å². The van der Waals surface area contributed by atoms with Gasteiger partial charge in [0.25, 0.3) is 0 Å². The molecule has 0 spiro atoms. The van der Waals surface area contributed by atoms with E-state index in [1.165, 1.54) is 21.3 Å². The van der Waals surface area contributed by atoms with Crippen molar-refractivity contribution in [3.63, 3.8) is 0 Å². The number of alkyl carbamates (subject to hydrolysis) is 1. The normalized spacial score (nSPS) is 11.1. The molecule has 0 aromatic carbocycles. The predicted octanol–water partition coefficient (Wildman–Crippen LogP) is 0.917. The number of nitrogens with one attached hydrogen (secondary N) is 1. The van der Waals surface area contributed by atoms with Crippen LogP contribution in [0.4, 0.5) is 4.79 Å². The Morgan fingerprint density at radius 1 is 1.11 bits per heavy atom. The second-order valence-electron chi connectivity index (χ2n) is 3.42. The molecule has 0 heterocycles. The molecule has 0 radical (unpaired) electrons. The second-order valence-corrected chi connectivity index (χ2v) is 6.51. The first-order valence-electron chi connectivity index (χ1n) is 5.65. The molecule has 0 saturated heterocycles. The van der Waals surface area contributed by atoms with Gasteiger partial charge in [-0.05, 0) is 13.3 Å². The highest BCUT2D eigenvalue weighted by molar-refractivity contribution is 6.60. The van der Waals surface area contributed by atoms with Gasteiger partial charge in [-0.25, -0.2) is 4.79 Å². The molecule has 0 atom stereocenters. The third-order valence-corrected chi connectivity index (χ3v) is 5.17. The smallest absolute Gasteiger partial charge is 0.450 e. The van der Waals surface area contributed by atoms with Crippen molar-refractivity contribution in [2.75, 3.05) is 27.9 Å². The van der Waals surface area contributed by atoms with Crippen LogP contribution in [0.1, 0.15) is 19.8 Å². The van der Waals surface area contributed by atoms with Crippen LogP contribution in [-0.4, -0.2) is 48.7 Å². The Morgan fingerprint density at radius 2 is 1.67 bits per heavy atom. The molecule has 7 nitrogen and oxygen atoms in total. The topological polar surface area (TPSA) is 83.1 Å². The average molecular weight is 279 g/mol. The highest BCUT2D eigenvalue weighted by atomic mass is 28.4. The number of amides is 2. The molecular weight excluding hydrogens is 258 g/mol. The van der Waals surface area contributed by atoms with Crippen molar-refractivity contribution in [1.82, 2.24) is 5.32 Å². The molecule has 0 bridgehead atoms. The van der Waals surface area contributed by atoms with E-state index in [0.29, 0.717) is 12.5 Å². The maximum absolute atomic E-state index is 11.4. The summed E-state index contributed by atoms with van der Waals surface area (Å²) in [5, 5.41) is 2.11. The first kappa shape index (κ1) is 17.0. The Morgan fingerprint density at radius 3 is 2.11 bits per heavy atom. The van der Waals surface area contributed by atoms with Crippen molar-refractivity contribution in [3.05, 3.63) is 0 Å². The largest absolute Gasteiger partial charge is 0.500 e. The molecule has 18 heavy (non-hydrogen) atoms. The van der Waals surface area contributed by atoms with Crippen LogP contribution in [0.15, 0.2) is 0 Å². The minimum Gasteiger partial charge on any atom is -0.450 e. The lowest BCUT2D eigenvalue weighted by molar-refractivity contribution is -0.120. The Kier molecular flexibility index (Phi) is 8.55. The third-order valence-electron chi connectivity index (χ3n) is 2.34. The quantitative estimate of drug-likeness (QED) is 0.665. The van der Waals surface area contributed by atoms with E-state index in [-0.39, 0.29) is 18.9 Å². The highest BCUT2D eigenvalue weighted by Gasteiger charge is 2.37. The summed E-state index contributed by atoms with van der Waals surface area (Å²) >= 11 is 0. The van der Waals surface area contributed by atoms with Gasteiger partial charge in [0.1, 0.15) is 0 Å². The second kappa shape index (κ2) is 9.03. The van der Waals surface area contributed by atoms with E-state index in [9.17, 15) is 9.59 Å². The van der Waals surface area contributed by atoms with Crippen molar-refractivity contribution in [3.8, 4) is 0 Å². The van der Waals surface area contributed by atoms with E-state index in [4.69, 9.17) is 13.3 Å². The van der Waals surface area contributed by atoms with Gasteiger partial charge < -0.3 is 18.0 Å². The van der Waals surface area contributed by atoms with E-state index in [1.54, 1.807) is 6.92 Å². The lowest BCUT2D eigenvalue weighted by atomic mass is 10.3. The number of ether oxygens (including phenoxy) is 1. The van der Waals surface area contributed by atoms with Crippen molar-refractivity contribution < 1.29 is 27.6 Å². The predicted molar refractivity (Wildman–Crippen MR) is 66.0 cm³/mol. The molecule has 0 aromatic heterocycles. The first-order valence-corrected chi connectivity index (χ1v) is 7.58. The van der Waals surface area contributed by atoms with Crippen LogP contribution in [0.3, 0.4) is 0 Å². The maximum Gasteiger partial charge on any atom is 0.500 e. The summed E-state index contributed by atoms with van der Waals surface area (Å²) in [4.78, 5) is 22.3. The molecule has 0 aromatic rings. The number of carbonyl (C=O) groups excluding carboxylic acids is 2. The van der Waals surface area contributed by atoms with Gasteiger partial charge in [0.05, 0.1) is 6.61 Å². The van der Waals surface area contributed by atoms with Crippen molar-refractivity contribution >= 4 is 20.8 Å². The Bertz CT molecular complexity index is 261. The van der Waals surface area contributed by atoms with E-state index in [1.807, 2.05) is 0 Å². The minimum absolute atomic E-state index is 0.184. The molecule has 0 aliphatic heterocycles. The van der Waals surface area contributed by atoms with Crippen LogP contribution in [0, 0.1) is 0 Å². The van der Waals surface area contributed by atoms with Crippen LogP contribution in [0.2, 0.25) is 6.04 Å². The Labute approximate surface area is 108 Å². The fourth-order valence-electron chi connectivity index (χ4n) is 1.37. The van der Waals surface area contributed by atoms with Crippen LogP contribution >= 0.6 is 0 Å². The van der Waals surface area contributed by atoms with E-state index < -0.39 is 14.9 Å². The van der Waals surface area contributed by atoms with E-state index in [2.05, 4.69) is 10.1 Å². The molecule has 0 saturated carbocycles. The van der Waals surface area contributed by atoms with Crippen molar-refractivity contribution in [1.29, 1.82) is 0 Å². The summed E-state index contributed by atoms with van der Waals surface area (Å²) in [6.45, 7) is 1.89.